The highest BCUT2D eigenvalue weighted by Crippen LogP contribution is 2.14. The lowest BCUT2D eigenvalue weighted by Gasteiger charge is -2.20. The highest BCUT2D eigenvalue weighted by atomic mass is 32.2. The van der Waals surface area contributed by atoms with Crippen LogP contribution in [0.5, 0.6) is 0 Å². The van der Waals surface area contributed by atoms with E-state index in [0.717, 1.165) is 5.75 Å². The molecule has 1 unspecified atom stereocenters. The number of hydrogen-bond acceptors (Lipinski definition) is 4. The molecule has 4 nitrogen and oxygen atoms in total. The van der Waals surface area contributed by atoms with Gasteiger partial charge >= 0.3 is 5.97 Å². The van der Waals surface area contributed by atoms with Gasteiger partial charge in [0.25, 0.3) is 0 Å². The van der Waals surface area contributed by atoms with Crippen molar-refractivity contribution in [2.75, 3.05) is 18.1 Å². The quantitative estimate of drug-likeness (QED) is 0.724. The molecule has 0 amide bonds. The monoisotopic (exact) mass is 204 g/mol. The van der Waals surface area contributed by atoms with E-state index in [-0.39, 0.29) is 24.7 Å². The summed E-state index contributed by atoms with van der Waals surface area (Å²) < 4.78 is 5.21. The van der Waals surface area contributed by atoms with Crippen molar-refractivity contribution in [3.8, 4) is 0 Å². The lowest BCUT2D eigenvalue weighted by Crippen LogP contribution is -2.31. The van der Waals surface area contributed by atoms with Gasteiger partial charge in [-0.3, -0.25) is 9.59 Å². The first-order chi connectivity index (χ1) is 6.20. The number of ether oxygens (including phenoxy) is 1. The Bertz CT molecular complexity index is 198. The number of Topliss-reactive ketones (excluding diaryl/α,β-unsaturated/α-hetero) is 1. The lowest BCUT2D eigenvalue weighted by molar-refractivity contribution is -0.140. The predicted octanol–water partition coefficient (Wildman–Crippen LogP) is 0.552. The van der Waals surface area contributed by atoms with Gasteiger partial charge in [-0.15, -0.1) is 0 Å². The summed E-state index contributed by atoms with van der Waals surface area (Å²) in [5, 5.41) is 8.36. The Morgan fingerprint density at radius 3 is 2.77 bits per heavy atom. The second-order valence-corrected chi connectivity index (χ2v) is 3.94. The molecule has 1 rings (SSSR count). The summed E-state index contributed by atoms with van der Waals surface area (Å²) in [6.45, 7) is 0.591. The molecular weight excluding hydrogens is 192 g/mol. The second-order valence-electron chi connectivity index (χ2n) is 2.79. The van der Waals surface area contributed by atoms with Gasteiger partial charge in [-0.2, -0.15) is 11.8 Å². The van der Waals surface area contributed by atoms with Crippen LogP contribution in [0, 0.1) is 0 Å². The molecule has 1 saturated heterocycles. The van der Waals surface area contributed by atoms with Gasteiger partial charge < -0.3 is 9.84 Å². The molecule has 1 atom stereocenters. The van der Waals surface area contributed by atoms with Crippen LogP contribution in [-0.2, 0) is 14.3 Å². The third-order valence-corrected chi connectivity index (χ3v) is 2.75. The summed E-state index contributed by atoms with van der Waals surface area (Å²) in [6, 6.07) is 0. The number of carboxylic acid groups (broad SMARTS) is 1. The van der Waals surface area contributed by atoms with Crippen LogP contribution in [0.1, 0.15) is 12.8 Å². The zero-order chi connectivity index (χ0) is 9.68. The molecule has 0 bridgehead atoms. The van der Waals surface area contributed by atoms with E-state index in [1.165, 1.54) is 0 Å². The van der Waals surface area contributed by atoms with E-state index in [1.54, 1.807) is 11.8 Å². The van der Waals surface area contributed by atoms with Crippen LogP contribution in [0.25, 0.3) is 0 Å². The standard InChI is InChI=1S/C8H12O4S/c9-6(1-2-8(10)11)7-5-13-4-3-12-7/h7H,1-5H2,(H,10,11). The molecular formula is C8H12O4S. The van der Waals surface area contributed by atoms with Crippen molar-refractivity contribution in [1.29, 1.82) is 0 Å². The van der Waals surface area contributed by atoms with Crippen molar-refractivity contribution in [2.24, 2.45) is 0 Å². The molecule has 1 heterocycles. The minimum atomic E-state index is -0.934. The summed E-state index contributed by atoms with van der Waals surface area (Å²) >= 11 is 1.67. The van der Waals surface area contributed by atoms with Crippen molar-refractivity contribution >= 4 is 23.5 Å². The van der Waals surface area contributed by atoms with E-state index < -0.39 is 5.97 Å². The Morgan fingerprint density at radius 1 is 1.46 bits per heavy atom. The smallest absolute Gasteiger partial charge is 0.303 e. The Balaban J connectivity index is 2.25. The molecule has 0 aliphatic carbocycles. The van der Waals surface area contributed by atoms with Gasteiger partial charge in [0.1, 0.15) is 6.10 Å². The van der Waals surface area contributed by atoms with E-state index in [4.69, 9.17) is 9.84 Å². The average Bonchev–Trinajstić information content (AvgIpc) is 2.15. The molecule has 74 valence electrons. The second kappa shape index (κ2) is 5.24. The molecule has 1 aliphatic heterocycles. The van der Waals surface area contributed by atoms with Crippen molar-refractivity contribution in [3.05, 3.63) is 0 Å². The number of carboxylic acids is 1. The largest absolute Gasteiger partial charge is 0.481 e. The van der Waals surface area contributed by atoms with Gasteiger partial charge in [-0.05, 0) is 0 Å². The average molecular weight is 204 g/mol. The number of carbonyl (C=O) groups excluding carboxylic acids is 1. The molecule has 0 aromatic rings. The Morgan fingerprint density at radius 2 is 2.23 bits per heavy atom. The molecule has 13 heavy (non-hydrogen) atoms. The zero-order valence-electron chi connectivity index (χ0n) is 7.19. The first-order valence-corrected chi connectivity index (χ1v) is 5.29. The Kier molecular flexibility index (Phi) is 4.24. The van der Waals surface area contributed by atoms with Crippen LogP contribution in [0.2, 0.25) is 0 Å². The summed E-state index contributed by atoms with van der Waals surface area (Å²) in [5.41, 5.74) is 0. The van der Waals surface area contributed by atoms with Crippen LogP contribution < -0.4 is 0 Å². The first-order valence-electron chi connectivity index (χ1n) is 4.14. The third kappa shape index (κ3) is 3.78. The van der Waals surface area contributed by atoms with E-state index in [2.05, 4.69) is 0 Å². The molecule has 0 spiro atoms. The van der Waals surface area contributed by atoms with Crippen molar-refractivity contribution in [1.82, 2.24) is 0 Å². The van der Waals surface area contributed by atoms with Crippen molar-refractivity contribution in [2.45, 2.75) is 18.9 Å². The topological polar surface area (TPSA) is 63.6 Å². The highest BCUT2D eigenvalue weighted by Gasteiger charge is 2.22. The van der Waals surface area contributed by atoms with Crippen molar-refractivity contribution < 1.29 is 19.4 Å². The normalized spacial score (nSPS) is 22.6. The molecule has 1 N–H and O–H groups in total. The lowest BCUT2D eigenvalue weighted by atomic mass is 10.1. The number of carbonyl (C=O) groups is 2. The van der Waals surface area contributed by atoms with Gasteiger partial charge in [0, 0.05) is 17.9 Å². The summed E-state index contributed by atoms with van der Waals surface area (Å²) in [4.78, 5) is 21.5. The molecule has 0 saturated carbocycles. The summed E-state index contributed by atoms with van der Waals surface area (Å²) in [5.74, 6) is 0.563. The number of hydrogen-bond donors (Lipinski definition) is 1. The van der Waals surface area contributed by atoms with Crippen LogP contribution in [0.3, 0.4) is 0 Å². The maximum atomic E-state index is 11.3. The first kappa shape index (κ1) is 10.5. The van der Waals surface area contributed by atoms with Crippen LogP contribution in [-0.4, -0.2) is 41.1 Å². The maximum absolute atomic E-state index is 11.3. The predicted molar refractivity (Wildman–Crippen MR) is 48.9 cm³/mol. The molecule has 5 heteroatoms. The molecule has 1 fully saturated rings. The van der Waals surface area contributed by atoms with Crippen LogP contribution >= 0.6 is 11.8 Å². The summed E-state index contributed by atoms with van der Waals surface area (Å²) in [6.07, 6.45) is -0.387. The molecule has 0 radical (unpaired) electrons. The number of aliphatic carboxylic acids is 1. The Hall–Kier alpha value is -0.550. The number of rotatable bonds is 4. The number of ketones is 1. The third-order valence-electron chi connectivity index (χ3n) is 1.76. The minimum Gasteiger partial charge on any atom is -0.481 e. The van der Waals surface area contributed by atoms with E-state index in [1.807, 2.05) is 0 Å². The highest BCUT2D eigenvalue weighted by molar-refractivity contribution is 7.99. The van der Waals surface area contributed by atoms with E-state index >= 15 is 0 Å². The van der Waals surface area contributed by atoms with Gasteiger partial charge in [-0.25, -0.2) is 0 Å². The fourth-order valence-corrected chi connectivity index (χ4v) is 1.94. The maximum Gasteiger partial charge on any atom is 0.303 e. The van der Waals surface area contributed by atoms with Crippen LogP contribution in [0.15, 0.2) is 0 Å². The Labute approximate surface area is 80.6 Å². The molecule has 0 aromatic heterocycles. The van der Waals surface area contributed by atoms with Gasteiger partial charge in [0.15, 0.2) is 5.78 Å². The fourth-order valence-electron chi connectivity index (χ4n) is 1.06. The SMILES string of the molecule is O=C(O)CCC(=O)C1CSCCO1. The fraction of sp³-hybridized carbons (Fsp3) is 0.750. The van der Waals surface area contributed by atoms with Gasteiger partial charge in [-0.1, -0.05) is 0 Å². The van der Waals surface area contributed by atoms with Gasteiger partial charge in [0.05, 0.1) is 13.0 Å². The number of thioether (sulfide) groups is 1. The van der Waals surface area contributed by atoms with E-state index in [0.29, 0.717) is 12.4 Å². The van der Waals surface area contributed by atoms with Crippen LogP contribution in [0.4, 0.5) is 0 Å². The van der Waals surface area contributed by atoms with Crippen molar-refractivity contribution in [3.63, 3.8) is 0 Å². The summed E-state index contributed by atoms with van der Waals surface area (Å²) in [7, 11) is 0. The van der Waals surface area contributed by atoms with E-state index in [9.17, 15) is 9.59 Å². The van der Waals surface area contributed by atoms with Gasteiger partial charge in [0.2, 0.25) is 0 Å². The minimum absolute atomic E-state index is 0.0839. The molecule has 0 aromatic carbocycles. The molecule has 1 aliphatic rings. The zero-order valence-corrected chi connectivity index (χ0v) is 8.01.